The van der Waals surface area contributed by atoms with Gasteiger partial charge in [-0.2, -0.15) is 0 Å². The minimum absolute atomic E-state index is 0.231. The zero-order valence-corrected chi connectivity index (χ0v) is 15.7. The molecule has 0 aliphatic carbocycles. The van der Waals surface area contributed by atoms with E-state index in [0.29, 0.717) is 0 Å². The Balaban J connectivity index is 2.41. The first-order valence-electron chi connectivity index (χ1n) is 6.78. The summed E-state index contributed by atoms with van der Waals surface area (Å²) in [6, 6.07) is 8.87. The Bertz CT molecular complexity index is 594. The van der Waals surface area contributed by atoms with Crippen molar-refractivity contribution in [2.45, 2.75) is 33.2 Å². The van der Waals surface area contributed by atoms with E-state index in [-0.39, 0.29) is 6.04 Å². The van der Waals surface area contributed by atoms with Crippen LogP contribution in [0.1, 0.15) is 40.3 Å². The molecular formula is C16H19ClINS. The molecule has 0 spiro atoms. The summed E-state index contributed by atoms with van der Waals surface area (Å²) >= 11 is 10.4. The highest BCUT2D eigenvalue weighted by Crippen LogP contribution is 2.32. The third-order valence-electron chi connectivity index (χ3n) is 3.27. The van der Waals surface area contributed by atoms with Gasteiger partial charge in [0.25, 0.3) is 0 Å². The van der Waals surface area contributed by atoms with Crippen LogP contribution in [0.25, 0.3) is 0 Å². The van der Waals surface area contributed by atoms with Crippen LogP contribution in [-0.4, -0.2) is 6.54 Å². The molecular weight excluding hydrogens is 401 g/mol. The molecule has 0 aliphatic heterocycles. The zero-order chi connectivity index (χ0) is 14.7. The van der Waals surface area contributed by atoms with Crippen molar-refractivity contribution in [1.82, 2.24) is 5.32 Å². The van der Waals surface area contributed by atoms with E-state index in [0.717, 1.165) is 21.6 Å². The van der Waals surface area contributed by atoms with Crippen molar-refractivity contribution in [2.75, 3.05) is 6.54 Å². The van der Waals surface area contributed by atoms with Crippen LogP contribution < -0.4 is 5.32 Å². The Hall–Kier alpha value is -0.100. The molecule has 0 bridgehead atoms. The lowest BCUT2D eigenvalue weighted by Gasteiger charge is -2.20. The normalized spacial score (nSPS) is 12.7. The van der Waals surface area contributed by atoms with Crippen molar-refractivity contribution < 1.29 is 0 Å². The molecule has 0 amide bonds. The molecule has 0 radical (unpaired) electrons. The van der Waals surface area contributed by atoms with E-state index < -0.39 is 0 Å². The van der Waals surface area contributed by atoms with E-state index in [4.69, 9.17) is 11.6 Å². The second-order valence-electron chi connectivity index (χ2n) is 4.93. The van der Waals surface area contributed by atoms with Crippen molar-refractivity contribution in [3.8, 4) is 0 Å². The molecule has 1 aromatic heterocycles. The lowest BCUT2D eigenvalue weighted by atomic mass is 9.99. The molecule has 0 aliphatic rings. The number of nitrogens with one attached hydrogen (secondary N) is 1. The van der Waals surface area contributed by atoms with Crippen molar-refractivity contribution in [3.05, 3.63) is 53.7 Å². The fraction of sp³-hybridized carbons (Fsp3) is 0.375. The van der Waals surface area contributed by atoms with Crippen molar-refractivity contribution >= 4 is 45.5 Å². The van der Waals surface area contributed by atoms with Gasteiger partial charge in [0.05, 0.1) is 11.1 Å². The average Bonchev–Trinajstić information content (AvgIpc) is 2.73. The summed E-state index contributed by atoms with van der Waals surface area (Å²) < 4.78 is 1.10. The van der Waals surface area contributed by atoms with Gasteiger partial charge in [-0.3, -0.25) is 0 Å². The van der Waals surface area contributed by atoms with Gasteiger partial charge in [0.2, 0.25) is 0 Å². The molecule has 1 unspecified atom stereocenters. The summed E-state index contributed by atoms with van der Waals surface area (Å²) in [6.45, 7) is 7.56. The lowest BCUT2D eigenvalue weighted by Crippen LogP contribution is -2.23. The van der Waals surface area contributed by atoms with Crippen LogP contribution in [0.3, 0.4) is 0 Å². The first-order chi connectivity index (χ1) is 9.52. The molecule has 1 N–H and O–H groups in total. The summed E-state index contributed by atoms with van der Waals surface area (Å²) in [4.78, 5) is 2.74. The highest BCUT2D eigenvalue weighted by atomic mass is 127. The van der Waals surface area contributed by atoms with Crippen LogP contribution >= 0.6 is 45.5 Å². The smallest absolute Gasteiger partial charge is 0.0588 e. The first-order valence-corrected chi connectivity index (χ1v) is 9.05. The van der Waals surface area contributed by atoms with E-state index in [9.17, 15) is 0 Å². The molecule has 1 heterocycles. The van der Waals surface area contributed by atoms with E-state index >= 15 is 0 Å². The van der Waals surface area contributed by atoms with Crippen LogP contribution in [0.5, 0.6) is 0 Å². The predicted octanol–water partition coefficient (Wildman–Crippen LogP) is 5.71. The zero-order valence-electron chi connectivity index (χ0n) is 12.0. The van der Waals surface area contributed by atoms with E-state index in [1.807, 2.05) is 11.3 Å². The van der Waals surface area contributed by atoms with Gasteiger partial charge in [-0.25, -0.2) is 0 Å². The number of hydrogen-bond donors (Lipinski definition) is 1. The van der Waals surface area contributed by atoms with E-state index in [2.05, 4.69) is 72.9 Å². The summed E-state index contributed by atoms with van der Waals surface area (Å²) in [7, 11) is 0. The Labute approximate surface area is 143 Å². The van der Waals surface area contributed by atoms with E-state index in [1.165, 1.54) is 20.9 Å². The number of halogens is 2. The van der Waals surface area contributed by atoms with Crippen LogP contribution in [0.2, 0.25) is 5.02 Å². The lowest BCUT2D eigenvalue weighted by molar-refractivity contribution is 0.598. The molecule has 1 nitrogen and oxygen atoms in total. The second kappa shape index (κ2) is 7.25. The number of hydrogen-bond acceptors (Lipinski definition) is 2. The Kier molecular flexibility index (Phi) is 5.90. The summed E-state index contributed by atoms with van der Waals surface area (Å²) in [5.74, 6) is 0. The quantitative estimate of drug-likeness (QED) is 0.612. The van der Waals surface area contributed by atoms with Crippen molar-refractivity contribution in [1.29, 1.82) is 0 Å². The molecule has 20 heavy (non-hydrogen) atoms. The topological polar surface area (TPSA) is 12.0 Å². The number of aryl methyl sites for hydroxylation is 2. The largest absolute Gasteiger partial charge is 0.306 e. The maximum Gasteiger partial charge on any atom is 0.0588 e. The molecule has 0 saturated carbocycles. The molecule has 0 fully saturated rings. The maximum atomic E-state index is 6.29. The maximum absolute atomic E-state index is 6.29. The van der Waals surface area contributed by atoms with Gasteiger partial charge in [-0.1, -0.05) is 24.6 Å². The molecule has 108 valence electrons. The predicted molar refractivity (Wildman–Crippen MR) is 98.1 cm³/mol. The van der Waals surface area contributed by atoms with Crippen LogP contribution in [0.4, 0.5) is 0 Å². The Morgan fingerprint density at radius 2 is 2.05 bits per heavy atom. The highest BCUT2D eigenvalue weighted by Gasteiger charge is 2.18. The van der Waals surface area contributed by atoms with E-state index in [1.54, 1.807) is 0 Å². The van der Waals surface area contributed by atoms with Crippen molar-refractivity contribution in [2.24, 2.45) is 0 Å². The summed E-state index contributed by atoms with van der Waals surface area (Å²) in [5.41, 5.74) is 2.61. The summed E-state index contributed by atoms with van der Waals surface area (Å²) in [6.07, 6.45) is 1.12. The average molecular weight is 420 g/mol. The van der Waals surface area contributed by atoms with Gasteiger partial charge in [-0.15, -0.1) is 11.3 Å². The van der Waals surface area contributed by atoms with Crippen LogP contribution in [-0.2, 0) is 0 Å². The fourth-order valence-electron chi connectivity index (χ4n) is 2.33. The number of rotatable bonds is 5. The third-order valence-corrected chi connectivity index (χ3v) is 5.82. The minimum Gasteiger partial charge on any atom is -0.306 e. The SMILES string of the molecule is CCCNC(c1ccc(I)c(Cl)c1)c1cc(C)sc1C. The number of benzene rings is 1. The Morgan fingerprint density at radius 3 is 2.60 bits per heavy atom. The Morgan fingerprint density at radius 1 is 1.30 bits per heavy atom. The van der Waals surface area contributed by atoms with Gasteiger partial charge in [0.1, 0.15) is 0 Å². The van der Waals surface area contributed by atoms with Crippen LogP contribution in [0.15, 0.2) is 24.3 Å². The molecule has 2 aromatic rings. The third kappa shape index (κ3) is 3.75. The fourth-order valence-corrected chi connectivity index (χ4v) is 3.81. The van der Waals surface area contributed by atoms with Gasteiger partial charge >= 0.3 is 0 Å². The molecule has 0 saturated heterocycles. The molecule has 2 rings (SSSR count). The minimum atomic E-state index is 0.231. The van der Waals surface area contributed by atoms with Gasteiger partial charge < -0.3 is 5.32 Å². The highest BCUT2D eigenvalue weighted by molar-refractivity contribution is 14.1. The second-order valence-corrected chi connectivity index (χ2v) is 7.96. The van der Waals surface area contributed by atoms with Crippen LogP contribution in [0, 0.1) is 17.4 Å². The monoisotopic (exact) mass is 419 g/mol. The standard InChI is InChI=1S/C16H19ClINS/c1-4-7-19-16(13-8-10(2)20-11(13)3)12-5-6-15(18)14(17)9-12/h5-6,8-9,16,19H,4,7H2,1-3H3. The van der Waals surface area contributed by atoms with Gasteiger partial charge in [0.15, 0.2) is 0 Å². The molecule has 4 heteroatoms. The van der Waals surface area contributed by atoms with Gasteiger partial charge in [0, 0.05) is 13.3 Å². The first kappa shape index (κ1) is 16.3. The van der Waals surface area contributed by atoms with Gasteiger partial charge in [-0.05, 0) is 78.7 Å². The molecule has 1 aromatic carbocycles. The molecule has 1 atom stereocenters. The number of thiophene rings is 1. The van der Waals surface area contributed by atoms with Crippen molar-refractivity contribution in [3.63, 3.8) is 0 Å². The summed E-state index contributed by atoms with van der Waals surface area (Å²) in [5, 5.41) is 4.48.